The van der Waals surface area contributed by atoms with Gasteiger partial charge in [0.05, 0.1) is 12.2 Å². The molecule has 0 radical (unpaired) electrons. The minimum Gasteiger partial charge on any atom is -0.393 e. The Morgan fingerprint density at radius 2 is 0.905 bits per heavy atom. The van der Waals surface area contributed by atoms with Crippen LogP contribution in [0.2, 0.25) is 0 Å². The van der Waals surface area contributed by atoms with E-state index in [1.807, 2.05) is 6.92 Å². The molecule has 0 aromatic heterocycles. The van der Waals surface area contributed by atoms with Crippen LogP contribution in [0.15, 0.2) is 0 Å². The van der Waals surface area contributed by atoms with Gasteiger partial charge in [-0.3, -0.25) is 0 Å². The van der Waals surface area contributed by atoms with E-state index in [1.54, 1.807) is 0 Å². The van der Waals surface area contributed by atoms with E-state index in [-0.39, 0.29) is 12.2 Å². The minimum atomic E-state index is -0.0752. The summed E-state index contributed by atoms with van der Waals surface area (Å²) in [5.74, 6) is 0. The van der Waals surface area contributed by atoms with E-state index in [1.165, 1.54) is 70.6 Å². The van der Waals surface area contributed by atoms with Crippen molar-refractivity contribution in [3.05, 3.63) is 0 Å². The van der Waals surface area contributed by atoms with Gasteiger partial charge in [0.2, 0.25) is 0 Å². The lowest BCUT2D eigenvalue weighted by Gasteiger charge is -2.10. The zero-order valence-corrected chi connectivity index (χ0v) is 14.7. The van der Waals surface area contributed by atoms with Crippen LogP contribution < -0.4 is 0 Å². The van der Waals surface area contributed by atoms with E-state index >= 15 is 0 Å². The van der Waals surface area contributed by atoms with E-state index in [4.69, 9.17) is 0 Å². The van der Waals surface area contributed by atoms with Gasteiger partial charge >= 0.3 is 0 Å². The van der Waals surface area contributed by atoms with Gasteiger partial charge in [-0.15, -0.1) is 0 Å². The molecular formula is C19H40O2. The van der Waals surface area contributed by atoms with Crippen LogP contribution >= 0.6 is 0 Å². The molecule has 2 heteroatoms. The molecule has 0 aliphatic heterocycles. The molecule has 0 rings (SSSR count). The molecular weight excluding hydrogens is 260 g/mol. The Balaban J connectivity index is 3.11. The third kappa shape index (κ3) is 16.1. The van der Waals surface area contributed by atoms with Gasteiger partial charge in [0.1, 0.15) is 0 Å². The first kappa shape index (κ1) is 20.9. The largest absolute Gasteiger partial charge is 0.393 e. The Labute approximate surface area is 133 Å². The van der Waals surface area contributed by atoms with Gasteiger partial charge in [0.25, 0.3) is 0 Å². The lowest BCUT2D eigenvalue weighted by molar-refractivity contribution is 0.147. The van der Waals surface area contributed by atoms with Gasteiger partial charge in [-0.2, -0.15) is 0 Å². The molecule has 0 fully saturated rings. The normalized spacial score (nSPS) is 14.3. The summed E-state index contributed by atoms with van der Waals surface area (Å²) in [7, 11) is 0. The number of hydrogen-bond acceptors (Lipinski definition) is 2. The molecule has 0 aliphatic carbocycles. The fourth-order valence-electron chi connectivity index (χ4n) is 2.80. The number of unbranched alkanes of at least 4 members (excludes halogenated alkanes) is 9. The minimum absolute atomic E-state index is 0.0541. The van der Waals surface area contributed by atoms with Gasteiger partial charge in [-0.25, -0.2) is 0 Å². The number of hydrogen-bond donors (Lipinski definition) is 2. The van der Waals surface area contributed by atoms with E-state index in [0.29, 0.717) is 0 Å². The highest BCUT2D eigenvalue weighted by molar-refractivity contribution is 4.57. The van der Waals surface area contributed by atoms with E-state index in [9.17, 15) is 10.2 Å². The molecule has 0 aliphatic rings. The topological polar surface area (TPSA) is 40.5 Å². The van der Waals surface area contributed by atoms with Crippen LogP contribution in [0.1, 0.15) is 110 Å². The Bertz CT molecular complexity index is 194. The quantitative estimate of drug-likeness (QED) is 0.364. The van der Waals surface area contributed by atoms with Crippen LogP contribution in [0.3, 0.4) is 0 Å². The van der Waals surface area contributed by atoms with Crippen LogP contribution in [-0.4, -0.2) is 22.4 Å². The molecule has 2 N–H and O–H groups in total. The monoisotopic (exact) mass is 300 g/mol. The highest BCUT2D eigenvalue weighted by atomic mass is 16.3. The van der Waals surface area contributed by atoms with Gasteiger partial charge in [0.15, 0.2) is 0 Å². The van der Waals surface area contributed by atoms with Crippen molar-refractivity contribution in [2.45, 2.75) is 122 Å². The summed E-state index contributed by atoms with van der Waals surface area (Å²) < 4.78 is 0. The zero-order valence-electron chi connectivity index (χ0n) is 14.7. The summed E-state index contributed by atoms with van der Waals surface area (Å²) in [6.45, 7) is 4.25. The van der Waals surface area contributed by atoms with Crippen molar-refractivity contribution in [3.63, 3.8) is 0 Å². The molecule has 0 aromatic carbocycles. The first-order valence-corrected chi connectivity index (χ1v) is 9.56. The van der Waals surface area contributed by atoms with Crippen LogP contribution in [0.4, 0.5) is 0 Å². The average molecular weight is 301 g/mol. The maximum absolute atomic E-state index is 9.82. The Hall–Kier alpha value is -0.0800. The van der Waals surface area contributed by atoms with Crippen molar-refractivity contribution in [2.24, 2.45) is 0 Å². The maximum atomic E-state index is 9.82. The molecule has 21 heavy (non-hydrogen) atoms. The zero-order chi connectivity index (χ0) is 15.8. The Morgan fingerprint density at radius 1 is 0.524 bits per heavy atom. The first-order chi connectivity index (χ1) is 10.2. The second-order valence-corrected chi connectivity index (χ2v) is 6.62. The highest BCUT2D eigenvalue weighted by Crippen LogP contribution is 2.14. The lowest BCUT2D eigenvalue weighted by atomic mass is 10.0. The van der Waals surface area contributed by atoms with Gasteiger partial charge in [-0.05, 0) is 25.7 Å². The Kier molecular flexibility index (Phi) is 16.2. The third-order valence-electron chi connectivity index (χ3n) is 4.44. The average Bonchev–Trinajstić information content (AvgIpc) is 2.49. The molecule has 2 unspecified atom stereocenters. The summed E-state index contributed by atoms with van der Waals surface area (Å²) in [6, 6.07) is 0. The second kappa shape index (κ2) is 16.3. The molecule has 0 saturated heterocycles. The van der Waals surface area contributed by atoms with Crippen molar-refractivity contribution < 1.29 is 10.2 Å². The van der Waals surface area contributed by atoms with Crippen molar-refractivity contribution in [1.82, 2.24) is 0 Å². The SMILES string of the molecule is CCCCCC(O)CCCCCCCCCCC(O)CC. The molecule has 0 heterocycles. The third-order valence-corrected chi connectivity index (χ3v) is 4.44. The molecule has 0 spiro atoms. The molecule has 2 atom stereocenters. The smallest absolute Gasteiger partial charge is 0.0540 e. The van der Waals surface area contributed by atoms with E-state index < -0.39 is 0 Å². The second-order valence-electron chi connectivity index (χ2n) is 6.62. The van der Waals surface area contributed by atoms with E-state index in [0.717, 1.165) is 25.7 Å². The van der Waals surface area contributed by atoms with Crippen LogP contribution in [0, 0.1) is 0 Å². The highest BCUT2D eigenvalue weighted by Gasteiger charge is 2.03. The standard InChI is InChI=1S/C19H40O2/c1-3-5-12-16-19(21)17-14-11-9-7-6-8-10-13-15-18(20)4-2/h18-21H,3-17H2,1-2H3. The van der Waals surface area contributed by atoms with Crippen molar-refractivity contribution in [2.75, 3.05) is 0 Å². The summed E-state index contributed by atoms with van der Waals surface area (Å²) in [5, 5.41) is 19.3. The van der Waals surface area contributed by atoms with Crippen LogP contribution in [0.5, 0.6) is 0 Å². The fourth-order valence-corrected chi connectivity index (χ4v) is 2.80. The molecule has 0 bridgehead atoms. The predicted molar refractivity (Wildman–Crippen MR) is 92.6 cm³/mol. The number of rotatable bonds is 16. The maximum Gasteiger partial charge on any atom is 0.0540 e. The number of aliphatic hydroxyl groups is 2. The van der Waals surface area contributed by atoms with E-state index in [2.05, 4.69) is 6.92 Å². The summed E-state index contributed by atoms with van der Waals surface area (Å²) in [6.07, 6.45) is 17.6. The van der Waals surface area contributed by atoms with Crippen molar-refractivity contribution in [1.29, 1.82) is 0 Å². The molecule has 128 valence electrons. The Morgan fingerprint density at radius 3 is 1.33 bits per heavy atom. The predicted octanol–water partition coefficient (Wildman–Crippen LogP) is 5.60. The summed E-state index contributed by atoms with van der Waals surface area (Å²) in [5.41, 5.74) is 0. The van der Waals surface area contributed by atoms with Crippen molar-refractivity contribution >= 4 is 0 Å². The fraction of sp³-hybridized carbons (Fsp3) is 1.00. The summed E-state index contributed by atoms with van der Waals surface area (Å²) in [4.78, 5) is 0. The van der Waals surface area contributed by atoms with Gasteiger partial charge in [-0.1, -0.05) is 84.5 Å². The van der Waals surface area contributed by atoms with Gasteiger partial charge < -0.3 is 10.2 Å². The van der Waals surface area contributed by atoms with Crippen LogP contribution in [0.25, 0.3) is 0 Å². The first-order valence-electron chi connectivity index (χ1n) is 9.56. The molecule has 0 saturated carbocycles. The van der Waals surface area contributed by atoms with Crippen molar-refractivity contribution in [3.8, 4) is 0 Å². The van der Waals surface area contributed by atoms with Crippen LogP contribution in [-0.2, 0) is 0 Å². The molecule has 2 nitrogen and oxygen atoms in total. The summed E-state index contributed by atoms with van der Waals surface area (Å²) >= 11 is 0. The molecule has 0 amide bonds. The number of aliphatic hydroxyl groups excluding tert-OH is 2. The molecule has 0 aromatic rings. The lowest BCUT2D eigenvalue weighted by Crippen LogP contribution is -2.05. The van der Waals surface area contributed by atoms with Gasteiger partial charge in [0, 0.05) is 0 Å².